The van der Waals surface area contributed by atoms with E-state index >= 15 is 0 Å². The normalized spacial score (nSPS) is 10.1. The molecule has 0 fully saturated rings. The van der Waals surface area contributed by atoms with Gasteiger partial charge in [0.05, 0.1) is 31.3 Å². The van der Waals surface area contributed by atoms with Gasteiger partial charge >= 0.3 is 5.97 Å². The SMILES string of the molecule is CCOc1cc(C(=O)OCC(=O)NCc2cccs2)c([N+](=O)[O-])cc1OC. The van der Waals surface area contributed by atoms with Crippen molar-refractivity contribution in [3.63, 3.8) is 0 Å². The van der Waals surface area contributed by atoms with Crippen LogP contribution in [0.15, 0.2) is 29.6 Å². The fraction of sp³-hybridized carbons (Fsp3) is 0.294. The van der Waals surface area contributed by atoms with E-state index in [1.54, 1.807) is 6.92 Å². The highest BCUT2D eigenvalue weighted by Gasteiger charge is 2.26. The van der Waals surface area contributed by atoms with Crippen molar-refractivity contribution >= 4 is 28.9 Å². The third-order valence-electron chi connectivity index (χ3n) is 3.37. The predicted molar refractivity (Wildman–Crippen MR) is 97.3 cm³/mol. The molecule has 0 saturated carbocycles. The number of ether oxygens (including phenoxy) is 3. The Bertz CT molecular complexity index is 821. The maximum Gasteiger partial charge on any atom is 0.345 e. The van der Waals surface area contributed by atoms with Crippen LogP contribution in [-0.4, -0.2) is 37.1 Å². The van der Waals surface area contributed by atoms with Crippen molar-refractivity contribution in [2.75, 3.05) is 20.3 Å². The van der Waals surface area contributed by atoms with Gasteiger partial charge in [-0.15, -0.1) is 11.3 Å². The molecule has 0 saturated heterocycles. The molecule has 9 nitrogen and oxygen atoms in total. The van der Waals surface area contributed by atoms with E-state index in [2.05, 4.69) is 5.32 Å². The van der Waals surface area contributed by atoms with Crippen LogP contribution in [0.5, 0.6) is 11.5 Å². The molecule has 10 heteroatoms. The highest BCUT2D eigenvalue weighted by Crippen LogP contribution is 2.35. The molecule has 0 spiro atoms. The Balaban J connectivity index is 2.08. The first-order chi connectivity index (χ1) is 13.0. The lowest BCUT2D eigenvalue weighted by molar-refractivity contribution is -0.385. The highest BCUT2D eigenvalue weighted by molar-refractivity contribution is 7.09. The first kappa shape index (κ1) is 20.2. The van der Waals surface area contributed by atoms with Gasteiger partial charge in [-0.25, -0.2) is 4.79 Å². The number of benzene rings is 1. The number of amides is 1. The minimum atomic E-state index is -1.00. The molecule has 2 aromatic rings. The molecule has 1 heterocycles. The molecule has 1 aromatic carbocycles. The molecule has 0 atom stereocenters. The van der Waals surface area contributed by atoms with E-state index in [4.69, 9.17) is 14.2 Å². The maximum absolute atomic E-state index is 12.3. The quantitative estimate of drug-likeness (QED) is 0.394. The zero-order valence-electron chi connectivity index (χ0n) is 14.7. The number of hydrogen-bond acceptors (Lipinski definition) is 8. The number of esters is 1. The first-order valence-corrected chi connectivity index (χ1v) is 8.79. The molecule has 1 amide bonds. The molecule has 0 unspecified atom stereocenters. The summed E-state index contributed by atoms with van der Waals surface area (Å²) in [6, 6.07) is 5.96. The van der Waals surface area contributed by atoms with Crippen molar-refractivity contribution in [2.45, 2.75) is 13.5 Å². The topological polar surface area (TPSA) is 117 Å². The summed E-state index contributed by atoms with van der Waals surface area (Å²) < 4.78 is 15.3. The number of nitro benzene ring substituents is 1. The maximum atomic E-state index is 12.3. The van der Waals surface area contributed by atoms with Crippen molar-refractivity contribution in [3.05, 3.63) is 50.2 Å². The molecule has 1 N–H and O–H groups in total. The summed E-state index contributed by atoms with van der Waals surface area (Å²) in [6.45, 7) is 1.74. The van der Waals surface area contributed by atoms with Crippen LogP contribution in [0.25, 0.3) is 0 Å². The largest absolute Gasteiger partial charge is 0.493 e. The molecule has 0 aliphatic carbocycles. The number of carbonyl (C=O) groups excluding carboxylic acids is 2. The minimum absolute atomic E-state index is 0.119. The number of hydrogen-bond donors (Lipinski definition) is 1. The summed E-state index contributed by atoms with van der Waals surface area (Å²) in [5, 5.41) is 15.7. The van der Waals surface area contributed by atoms with Crippen LogP contribution in [0.4, 0.5) is 5.69 Å². The summed E-state index contributed by atoms with van der Waals surface area (Å²) in [6.07, 6.45) is 0. The van der Waals surface area contributed by atoms with E-state index < -0.39 is 29.1 Å². The molecule has 0 aliphatic rings. The van der Waals surface area contributed by atoms with Gasteiger partial charge < -0.3 is 19.5 Å². The van der Waals surface area contributed by atoms with Crippen LogP contribution in [0, 0.1) is 10.1 Å². The Morgan fingerprint density at radius 1 is 1.30 bits per heavy atom. The second-order valence-corrected chi connectivity index (χ2v) is 6.17. The number of rotatable bonds is 9. The molecular weight excluding hydrogens is 376 g/mol. The lowest BCUT2D eigenvalue weighted by atomic mass is 10.1. The Morgan fingerprint density at radius 2 is 2.07 bits per heavy atom. The van der Waals surface area contributed by atoms with E-state index in [0.29, 0.717) is 6.54 Å². The van der Waals surface area contributed by atoms with Crippen LogP contribution in [0.2, 0.25) is 0 Å². The van der Waals surface area contributed by atoms with Crippen LogP contribution in [0.3, 0.4) is 0 Å². The summed E-state index contributed by atoms with van der Waals surface area (Å²) in [5.41, 5.74) is -0.824. The van der Waals surface area contributed by atoms with Gasteiger partial charge in [-0.1, -0.05) is 6.07 Å². The van der Waals surface area contributed by atoms with Gasteiger partial charge in [-0.3, -0.25) is 14.9 Å². The molecule has 0 radical (unpaired) electrons. The molecule has 27 heavy (non-hydrogen) atoms. The van der Waals surface area contributed by atoms with E-state index in [1.807, 2.05) is 17.5 Å². The average Bonchev–Trinajstić information content (AvgIpc) is 3.17. The monoisotopic (exact) mass is 394 g/mol. The minimum Gasteiger partial charge on any atom is -0.493 e. The predicted octanol–water partition coefficient (Wildman–Crippen LogP) is 2.54. The molecule has 0 aliphatic heterocycles. The smallest absolute Gasteiger partial charge is 0.345 e. The Hall–Kier alpha value is -3.14. The summed E-state index contributed by atoms with van der Waals surface area (Å²) in [4.78, 5) is 35.5. The van der Waals surface area contributed by atoms with E-state index in [-0.39, 0.29) is 23.7 Å². The van der Waals surface area contributed by atoms with Crippen molar-refractivity contribution < 1.29 is 28.7 Å². The van der Waals surface area contributed by atoms with Crippen LogP contribution < -0.4 is 14.8 Å². The van der Waals surface area contributed by atoms with Gasteiger partial charge in [0.15, 0.2) is 18.1 Å². The molecular formula is C17H18N2O7S. The third kappa shape index (κ3) is 5.42. The van der Waals surface area contributed by atoms with Gasteiger partial charge in [0.1, 0.15) is 5.56 Å². The van der Waals surface area contributed by atoms with Gasteiger partial charge in [0, 0.05) is 10.9 Å². The second kappa shape index (κ2) is 9.53. The average molecular weight is 394 g/mol. The molecule has 0 bridgehead atoms. The summed E-state index contributed by atoms with van der Waals surface area (Å²) >= 11 is 1.48. The molecule has 1 aromatic heterocycles. The lowest BCUT2D eigenvalue weighted by Crippen LogP contribution is -2.28. The number of nitrogens with one attached hydrogen (secondary N) is 1. The Kier molecular flexibility index (Phi) is 7.12. The van der Waals surface area contributed by atoms with E-state index in [9.17, 15) is 19.7 Å². The number of carbonyl (C=O) groups is 2. The fourth-order valence-corrected chi connectivity index (χ4v) is 2.79. The third-order valence-corrected chi connectivity index (χ3v) is 4.25. The summed E-state index contributed by atoms with van der Waals surface area (Å²) in [7, 11) is 1.33. The molecule has 2 rings (SSSR count). The first-order valence-electron chi connectivity index (χ1n) is 7.91. The van der Waals surface area contributed by atoms with Gasteiger partial charge in [-0.05, 0) is 18.4 Å². The standard InChI is InChI=1S/C17H18N2O7S/c1-3-25-15-7-12(13(19(22)23)8-14(15)24-2)17(21)26-10-16(20)18-9-11-5-4-6-27-11/h4-8H,3,9-10H2,1-2H3,(H,18,20). The summed E-state index contributed by atoms with van der Waals surface area (Å²) in [5.74, 6) is -1.23. The lowest BCUT2D eigenvalue weighted by Gasteiger charge is -2.11. The van der Waals surface area contributed by atoms with Crippen molar-refractivity contribution in [1.82, 2.24) is 5.32 Å². The molecule has 144 valence electrons. The van der Waals surface area contributed by atoms with E-state index in [0.717, 1.165) is 10.9 Å². The van der Waals surface area contributed by atoms with Crippen molar-refractivity contribution in [1.29, 1.82) is 0 Å². The van der Waals surface area contributed by atoms with Crippen LogP contribution in [-0.2, 0) is 16.1 Å². The Labute approximate surface area is 159 Å². The number of methoxy groups -OCH3 is 1. The second-order valence-electron chi connectivity index (χ2n) is 5.14. The zero-order valence-corrected chi connectivity index (χ0v) is 15.5. The zero-order chi connectivity index (χ0) is 19.8. The van der Waals surface area contributed by atoms with Gasteiger partial charge in [0.25, 0.3) is 11.6 Å². The fourth-order valence-electron chi connectivity index (χ4n) is 2.15. The Morgan fingerprint density at radius 3 is 2.67 bits per heavy atom. The van der Waals surface area contributed by atoms with Gasteiger partial charge in [0.2, 0.25) is 0 Å². The number of nitro groups is 1. The van der Waals surface area contributed by atoms with Crippen LogP contribution in [0.1, 0.15) is 22.2 Å². The van der Waals surface area contributed by atoms with E-state index in [1.165, 1.54) is 24.5 Å². The van der Waals surface area contributed by atoms with Crippen molar-refractivity contribution in [2.24, 2.45) is 0 Å². The highest BCUT2D eigenvalue weighted by atomic mass is 32.1. The van der Waals surface area contributed by atoms with Gasteiger partial charge in [-0.2, -0.15) is 0 Å². The number of nitrogens with zero attached hydrogens (tertiary/aromatic N) is 1. The van der Waals surface area contributed by atoms with Crippen LogP contribution >= 0.6 is 11.3 Å². The van der Waals surface area contributed by atoms with Crippen molar-refractivity contribution in [3.8, 4) is 11.5 Å². The number of thiophene rings is 1.